The van der Waals surface area contributed by atoms with Gasteiger partial charge in [0.1, 0.15) is 0 Å². The van der Waals surface area contributed by atoms with Crippen LogP contribution in [0.1, 0.15) is 37.4 Å². The van der Waals surface area contributed by atoms with Crippen LogP contribution in [0.3, 0.4) is 0 Å². The monoisotopic (exact) mass is 239 g/mol. The van der Waals surface area contributed by atoms with Gasteiger partial charge in [0.2, 0.25) is 5.89 Å². The Morgan fingerprint density at radius 3 is 2.88 bits per heavy atom. The minimum atomic E-state index is 0.0212. The number of thioether (sulfide) groups is 1. The fraction of sp³-hybridized carbons (Fsp3) is 0.818. The first-order valence-electron chi connectivity index (χ1n) is 5.95. The zero-order valence-corrected chi connectivity index (χ0v) is 10.3. The van der Waals surface area contributed by atoms with Crippen molar-refractivity contribution in [3.8, 4) is 0 Å². The molecule has 1 aromatic heterocycles. The molecule has 5 heteroatoms. The molecule has 88 valence electrons. The molecule has 1 N–H and O–H groups in total. The Balaban J connectivity index is 1.77. The van der Waals surface area contributed by atoms with Crippen molar-refractivity contribution in [2.24, 2.45) is 0 Å². The molecular formula is C11H17N3OS. The number of hydrogen-bond donors (Lipinski definition) is 1. The topological polar surface area (TPSA) is 51.0 Å². The van der Waals surface area contributed by atoms with Crippen molar-refractivity contribution in [3.05, 3.63) is 11.7 Å². The normalized spacial score (nSPS) is 27.9. The molecule has 0 radical (unpaired) electrons. The van der Waals surface area contributed by atoms with Crippen molar-refractivity contribution in [3.63, 3.8) is 0 Å². The third kappa shape index (κ3) is 1.76. The molecule has 1 aliphatic heterocycles. The molecule has 0 amide bonds. The van der Waals surface area contributed by atoms with Crippen LogP contribution in [0.25, 0.3) is 0 Å². The van der Waals surface area contributed by atoms with E-state index in [1.165, 1.54) is 24.3 Å². The second-order valence-electron chi connectivity index (χ2n) is 4.78. The van der Waals surface area contributed by atoms with E-state index >= 15 is 0 Å². The summed E-state index contributed by atoms with van der Waals surface area (Å²) in [7, 11) is 0. The standard InChI is InChI=1S/C11H17N3OS/c1-8-12-10(14-15-8)11(4-2-5-11)13-9-3-6-16-7-9/h9,13H,2-7H2,1H3/t9-/m0/s1. The van der Waals surface area contributed by atoms with Crippen molar-refractivity contribution in [1.29, 1.82) is 0 Å². The van der Waals surface area contributed by atoms with Crippen LogP contribution in [0, 0.1) is 6.92 Å². The number of hydrogen-bond acceptors (Lipinski definition) is 5. The van der Waals surface area contributed by atoms with Gasteiger partial charge in [-0.3, -0.25) is 0 Å². The average Bonchev–Trinajstić information content (AvgIpc) is 2.82. The van der Waals surface area contributed by atoms with Crippen LogP contribution in [-0.4, -0.2) is 27.7 Å². The van der Waals surface area contributed by atoms with E-state index in [1.54, 1.807) is 0 Å². The van der Waals surface area contributed by atoms with E-state index in [4.69, 9.17) is 4.52 Å². The molecule has 1 atom stereocenters. The molecule has 0 bridgehead atoms. The summed E-state index contributed by atoms with van der Waals surface area (Å²) in [5.41, 5.74) is 0.0212. The number of nitrogens with zero attached hydrogens (tertiary/aromatic N) is 2. The van der Waals surface area contributed by atoms with E-state index in [1.807, 2.05) is 18.7 Å². The zero-order valence-electron chi connectivity index (χ0n) is 9.53. The zero-order chi connectivity index (χ0) is 11.0. The van der Waals surface area contributed by atoms with Crippen LogP contribution in [0.5, 0.6) is 0 Å². The lowest BCUT2D eigenvalue weighted by Gasteiger charge is -2.41. The smallest absolute Gasteiger partial charge is 0.223 e. The Hall–Kier alpha value is -0.550. The maximum Gasteiger partial charge on any atom is 0.223 e. The van der Waals surface area contributed by atoms with E-state index in [2.05, 4.69) is 15.5 Å². The summed E-state index contributed by atoms with van der Waals surface area (Å²) in [6.45, 7) is 1.86. The first kappa shape index (κ1) is 10.6. The minimum absolute atomic E-state index is 0.0212. The summed E-state index contributed by atoms with van der Waals surface area (Å²) >= 11 is 2.03. The summed E-state index contributed by atoms with van der Waals surface area (Å²) in [6, 6.07) is 0.629. The van der Waals surface area contributed by atoms with Gasteiger partial charge in [-0.1, -0.05) is 5.16 Å². The van der Waals surface area contributed by atoms with Crippen LogP contribution in [-0.2, 0) is 5.54 Å². The molecule has 4 nitrogen and oxygen atoms in total. The van der Waals surface area contributed by atoms with E-state index in [0.29, 0.717) is 11.9 Å². The second-order valence-corrected chi connectivity index (χ2v) is 5.93. The number of rotatable bonds is 3. The highest BCUT2D eigenvalue weighted by Gasteiger charge is 2.44. The fourth-order valence-electron chi connectivity index (χ4n) is 2.50. The van der Waals surface area contributed by atoms with Crippen molar-refractivity contribution >= 4 is 11.8 Å². The number of nitrogens with one attached hydrogen (secondary N) is 1. The van der Waals surface area contributed by atoms with Gasteiger partial charge in [0, 0.05) is 18.7 Å². The van der Waals surface area contributed by atoms with Crippen molar-refractivity contribution in [1.82, 2.24) is 15.5 Å². The van der Waals surface area contributed by atoms with Gasteiger partial charge in [-0.25, -0.2) is 0 Å². The lowest BCUT2D eigenvalue weighted by Crippen LogP contribution is -2.53. The maximum atomic E-state index is 5.10. The Kier molecular flexibility index (Phi) is 2.67. The highest BCUT2D eigenvalue weighted by molar-refractivity contribution is 7.99. The van der Waals surface area contributed by atoms with Gasteiger partial charge >= 0.3 is 0 Å². The van der Waals surface area contributed by atoms with E-state index in [0.717, 1.165) is 18.7 Å². The first-order chi connectivity index (χ1) is 7.78. The molecule has 0 unspecified atom stereocenters. The summed E-state index contributed by atoms with van der Waals surface area (Å²) < 4.78 is 5.10. The highest BCUT2D eigenvalue weighted by atomic mass is 32.2. The Labute approximate surface area is 99.6 Å². The SMILES string of the molecule is Cc1nc(C2(N[C@H]3CCSC3)CCC2)no1. The third-order valence-corrected chi connectivity index (χ3v) is 4.74. The fourth-order valence-corrected chi connectivity index (χ4v) is 3.65. The largest absolute Gasteiger partial charge is 0.340 e. The lowest BCUT2D eigenvalue weighted by atomic mass is 9.75. The Bertz CT molecular complexity index is 369. The van der Waals surface area contributed by atoms with E-state index in [9.17, 15) is 0 Å². The summed E-state index contributed by atoms with van der Waals surface area (Å²) in [5, 5.41) is 7.85. The van der Waals surface area contributed by atoms with Crippen molar-refractivity contribution in [2.75, 3.05) is 11.5 Å². The molecule has 1 saturated heterocycles. The molecule has 1 saturated carbocycles. The van der Waals surface area contributed by atoms with Gasteiger partial charge in [-0.2, -0.15) is 16.7 Å². The minimum Gasteiger partial charge on any atom is -0.340 e. The lowest BCUT2D eigenvalue weighted by molar-refractivity contribution is 0.151. The van der Waals surface area contributed by atoms with Crippen LogP contribution < -0.4 is 5.32 Å². The van der Waals surface area contributed by atoms with Gasteiger partial charge in [-0.15, -0.1) is 0 Å². The van der Waals surface area contributed by atoms with Gasteiger partial charge in [0.15, 0.2) is 5.82 Å². The molecule has 0 spiro atoms. The molecule has 16 heavy (non-hydrogen) atoms. The molecule has 1 aliphatic carbocycles. The van der Waals surface area contributed by atoms with Crippen molar-refractivity contribution in [2.45, 2.75) is 44.2 Å². The maximum absolute atomic E-state index is 5.10. The predicted octanol–water partition coefficient (Wildman–Crippen LogP) is 1.85. The summed E-state index contributed by atoms with van der Waals surface area (Å²) in [5.74, 6) is 4.04. The molecule has 0 aromatic carbocycles. The van der Waals surface area contributed by atoms with Gasteiger partial charge in [0.25, 0.3) is 0 Å². The number of aryl methyl sites for hydroxylation is 1. The predicted molar refractivity (Wildman–Crippen MR) is 63.4 cm³/mol. The van der Waals surface area contributed by atoms with Crippen LogP contribution in [0.15, 0.2) is 4.52 Å². The summed E-state index contributed by atoms with van der Waals surface area (Å²) in [4.78, 5) is 4.40. The summed E-state index contributed by atoms with van der Waals surface area (Å²) in [6.07, 6.45) is 4.82. The molecular weight excluding hydrogens is 222 g/mol. The van der Waals surface area contributed by atoms with E-state index < -0.39 is 0 Å². The van der Waals surface area contributed by atoms with E-state index in [-0.39, 0.29) is 5.54 Å². The Morgan fingerprint density at radius 1 is 1.50 bits per heavy atom. The van der Waals surface area contributed by atoms with Crippen LogP contribution in [0.2, 0.25) is 0 Å². The average molecular weight is 239 g/mol. The molecule has 3 rings (SSSR count). The molecule has 1 aromatic rings. The van der Waals surface area contributed by atoms with Gasteiger partial charge in [-0.05, 0) is 31.4 Å². The molecule has 2 heterocycles. The first-order valence-corrected chi connectivity index (χ1v) is 7.10. The highest BCUT2D eigenvalue weighted by Crippen LogP contribution is 2.41. The van der Waals surface area contributed by atoms with Crippen LogP contribution in [0.4, 0.5) is 0 Å². The van der Waals surface area contributed by atoms with Crippen LogP contribution >= 0.6 is 11.8 Å². The van der Waals surface area contributed by atoms with Gasteiger partial charge in [0.05, 0.1) is 5.54 Å². The Morgan fingerprint density at radius 2 is 2.38 bits per heavy atom. The quantitative estimate of drug-likeness (QED) is 0.872. The molecule has 2 fully saturated rings. The van der Waals surface area contributed by atoms with Crippen molar-refractivity contribution < 1.29 is 4.52 Å². The number of aromatic nitrogens is 2. The van der Waals surface area contributed by atoms with Gasteiger partial charge < -0.3 is 9.84 Å². The molecule has 2 aliphatic rings. The third-order valence-electron chi connectivity index (χ3n) is 3.57. The second kappa shape index (κ2) is 4.04.